The van der Waals surface area contributed by atoms with E-state index in [0.29, 0.717) is 30.3 Å². The van der Waals surface area contributed by atoms with Crippen LogP contribution in [0.5, 0.6) is 11.5 Å². The summed E-state index contributed by atoms with van der Waals surface area (Å²) in [5.41, 5.74) is 9.19. The quantitative estimate of drug-likeness (QED) is 0.391. The summed E-state index contributed by atoms with van der Waals surface area (Å²) in [5.74, 6) is 0.506. The molecule has 3 aromatic rings. The van der Waals surface area contributed by atoms with Crippen molar-refractivity contribution >= 4 is 5.97 Å². The Bertz CT molecular complexity index is 1340. The first-order chi connectivity index (χ1) is 18.0. The monoisotopic (exact) mass is 496 g/mol. The molecule has 0 fully saturated rings. The number of esters is 1. The van der Waals surface area contributed by atoms with Gasteiger partial charge in [-0.05, 0) is 54.8 Å². The molecule has 0 saturated heterocycles. The lowest BCUT2D eigenvalue weighted by Crippen LogP contribution is -2.25. The van der Waals surface area contributed by atoms with Crippen molar-refractivity contribution in [3.8, 4) is 17.6 Å². The van der Waals surface area contributed by atoms with Crippen molar-refractivity contribution in [1.82, 2.24) is 0 Å². The molecule has 188 valence electrons. The Morgan fingerprint density at radius 2 is 1.49 bits per heavy atom. The fourth-order valence-electron chi connectivity index (χ4n) is 4.03. The minimum atomic E-state index is -0.685. The van der Waals surface area contributed by atoms with Gasteiger partial charge >= 0.3 is 5.97 Å². The Morgan fingerprint density at radius 1 is 0.919 bits per heavy atom. The Kier molecular flexibility index (Phi) is 8.11. The summed E-state index contributed by atoms with van der Waals surface area (Å²) in [6, 6.07) is 27.1. The predicted octanol–water partition coefficient (Wildman–Crippen LogP) is 5.49. The number of carbonyl (C=O) groups is 1. The second-order valence-corrected chi connectivity index (χ2v) is 8.39. The van der Waals surface area contributed by atoms with Crippen molar-refractivity contribution in [3.05, 3.63) is 118 Å². The van der Waals surface area contributed by atoms with Crippen molar-refractivity contribution in [2.75, 3.05) is 6.61 Å². The number of ether oxygens (including phenoxy) is 4. The van der Waals surface area contributed by atoms with E-state index in [1.807, 2.05) is 66.7 Å². The van der Waals surface area contributed by atoms with Crippen LogP contribution in [0.2, 0.25) is 0 Å². The van der Waals surface area contributed by atoms with Gasteiger partial charge < -0.3 is 24.7 Å². The second-order valence-electron chi connectivity index (χ2n) is 8.39. The minimum absolute atomic E-state index is 0.0189. The van der Waals surface area contributed by atoms with Crippen LogP contribution in [0.25, 0.3) is 0 Å². The van der Waals surface area contributed by atoms with E-state index in [-0.39, 0.29) is 23.6 Å². The molecule has 0 aromatic heterocycles. The standard InChI is InChI=1S/C30H28N2O5/c1-3-34-30(33)27-20(2)37-29(32)26(17-31)28(27)23-11-15-25(16-12-23)36-19-22-9-13-24(14-10-22)35-18-21-7-5-4-6-8-21/h4-16,28H,3,18-19,32H2,1-2H3. The molecule has 37 heavy (non-hydrogen) atoms. The Hall–Kier alpha value is -4.70. The van der Waals surface area contributed by atoms with Gasteiger partial charge in [-0.15, -0.1) is 0 Å². The number of nitrogens with zero attached hydrogens (tertiary/aromatic N) is 1. The van der Waals surface area contributed by atoms with Crippen molar-refractivity contribution in [1.29, 1.82) is 5.26 Å². The second kappa shape index (κ2) is 11.8. The first-order valence-corrected chi connectivity index (χ1v) is 11.9. The molecule has 1 aliphatic rings. The predicted molar refractivity (Wildman–Crippen MR) is 138 cm³/mol. The molecule has 0 aliphatic carbocycles. The molecule has 1 aliphatic heterocycles. The number of hydrogen-bond donors (Lipinski definition) is 1. The van der Waals surface area contributed by atoms with Crippen LogP contribution in [0.4, 0.5) is 0 Å². The molecule has 1 atom stereocenters. The van der Waals surface area contributed by atoms with Gasteiger partial charge in [0.1, 0.15) is 42.1 Å². The highest BCUT2D eigenvalue weighted by molar-refractivity contribution is 5.92. The van der Waals surface area contributed by atoms with E-state index in [1.54, 1.807) is 26.0 Å². The zero-order valence-electron chi connectivity index (χ0n) is 20.8. The molecule has 1 heterocycles. The Labute approximate surface area is 216 Å². The molecule has 0 bridgehead atoms. The van der Waals surface area contributed by atoms with E-state index in [0.717, 1.165) is 16.9 Å². The maximum Gasteiger partial charge on any atom is 0.338 e. The summed E-state index contributed by atoms with van der Waals surface area (Å²) in [5, 5.41) is 9.71. The van der Waals surface area contributed by atoms with Gasteiger partial charge in [-0.1, -0.05) is 54.6 Å². The summed E-state index contributed by atoms with van der Waals surface area (Å²) in [7, 11) is 0. The van der Waals surface area contributed by atoms with Crippen LogP contribution in [0.3, 0.4) is 0 Å². The molecule has 0 spiro atoms. The normalized spacial score (nSPS) is 15.0. The Morgan fingerprint density at radius 3 is 2.05 bits per heavy atom. The van der Waals surface area contributed by atoms with Gasteiger partial charge in [0.05, 0.1) is 18.1 Å². The summed E-state index contributed by atoms with van der Waals surface area (Å²) in [6.07, 6.45) is 0. The zero-order valence-corrected chi connectivity index (χ0v) is 20.8. The zero-order chi connectivity index (χ0) is 26.2. The maximum absolute atomic E-state index is 12.7. The van der Waals surface area contributed by atoms with Crippen LogP contribution in [-0.2, 0) is 27.5 Å². The van der Waals surface area contributed by atoms with Crippen molar-refractivity contribution in [2.45, 2.75) is 33.0 Å². The third-order valence-corrected chi connectivity index (χ3v) is 5.89. The van der Waals surface area contributed by atoms with Crippen LogP contribution >= 0.6 is 0 Å². The van der Waals surface area contributed by atoms with E-state index in [2.05, 4.69) is 6.07 Å². The van der Waals surface area contributed by atoms with E-state index in [9.17, 15) is 10.1 Å². The lowest BCUT2D eigenvalue weighted by Gasteiger charge is -2.26. The smallest absolute Gasteiger partial charge is 0.338 e. The van der Waals surface area contributed by atoms with Crippen LogP contribution in [-0.4, -0.2) is 12.6 Å². The first-order valence-electron chi connectivity index (χ1n) is 11.9. The maximum atomic E-state index is 12.7. The van der Waals surface area contributed by atoms with Gasteiger partial charge in [-0.25, -0.2) is 4.79 Å². The molecule has 4 rings (SSSR count). The van der Waals surface area contributed by atoms with E-state index >= 15 is 0 Å². The first kappa shape index (κ1) is 25.4. The molecule has 0 radical (unpaired) electrons. The molecule has 7 nitrogen and oxygen atoms in total. The van der Waals surface area contributed by atoms with Crippen molar-refractivity contribution in [2.24, 2.45) is 5.73 Å². The van der Waals surface area contributed by atoms with Crippen LogP contribution in [0.15, 0.2) is 102 Å². The van der Waals surface area contributed by atoms with Crippen molar-refractivity contribution < 1.29 is 23.7 Å². The van der Waals surface area contributed by atoms with Gasteiger partial charge in [0, 0.05) is 0 Å². The van der Waals surface area contributed by atoms with Crippen LogP contribution in [0, 0.1) is 11.3 Å². The minimum Gasteiger partial charge on any atom is -0.489 e. The van der Waals surface area contributed by atoms with Gasteiger partial charge in [0.2, 0.25) is 5.88 Å². The molecule has 0 saturated carbocycles. The fourth-order valence-corrected chi connectivity index (χ4v) is 4.03. The van der Waals surface area contributed by atoms with E-state index in [1.165, 1.54) is 0 Å². The number of carbonyl (C=O) groups excluding carboxylic acids is 1. The molecule has 3 aromatic carbocycles. The van der Waals surface area contributed by atoms with Crippen LogP contribution < -0.4 is 15.2 Å². The number of nitriles is 1. The van der Waals surface area contributed by atoms with E-state index in [4.69, 9.17) is 24.7 Å². The van der Waals surface area contributed by atoms with E-state index < -0.39 is 11.9 Å². The van der Waals surface area contributed by atoms with Crippen LogP contribution in [0.1, 0.15) is 36.5 Å². The fraction of sp³-hybridized carbons (Fsp3) is 0.200. The number of rotatable bonds is 9. The number of nitrogens with two attached hydrogens (primary N) is 1. The van der Waals surface area contributed by atoms with Gasteiger partial charge in [0.15, 0.2) is 0 Å². The highest BCUT2D eigenvalue weighted by Crippen LogP contribution is 2.40. The average Bonchev–Trinajstić information content (AvgIpc) is 2.92. The lowest BCUT2D eigenvalue weighted by atomic mass is 9.83. The Balaban J connectivity index is 1.41. The number of allylic oxidation sites excluding steroid dienone is 2. The van der Waals surface area contributed by atoms with Gasteiger partial charge in [0.25, 0.3) is 0 Å². The summed E-state index contributed by atoms with van der Waals surface area (Å²) in [6.45, 7) is 4.45. The highest BCUT2D eigenvalue weighted by Gasteiger charge is 2.36. The molecule has 0 amide bonds. The molecular weight excluding hydrogens is 468 g/mol. The summed E-state index contributed by atoms with van der Waals surface area (Å²) in [4.78, 5) is 12.7. The van der Waals surface area contributed by atoms with Crippen molar-refractivity contribution in [3.63, 3.8) is 0 Å². The van der Waals surface area contributed by atoms with Gasteiger partial charge in [-0.3, -0.25) is 0 Å². The summed E-state index contributed by atoms with van der Waals surface area (Å²) < 4.78 is 22.4. The lowest BCUT2D eigenvalue weighted by molar-refractivity contribution is -0.139. The average molecular weight is 497 g/mol. The molecule has 1 unspecified atom stereocenters. The number of benzene rings is 3. The molecule has 2 N–H and O–H groups in total. The topological polar surface area (TPSA) is 104 Å². The van der Waals surface area contributed by atoms with Gasteiger partial charge in [-0.2, -0.15) is 5.26 Å². The third-order valence-electron chi connectivity index (χ3n) is 5.89. The molecule has 7 heteroatoms. The number of hydrogen-bond acceptors (Lipinski definition) is 7. The third kappa shape index (κ3) is 6.11. The largest absolute Gasteiger partial charge is 0.489 e. The summed E-state index contributed by atoms with van der Waals surface area (Å²) >= 11 is 0. The SMILES string of the molecule is CCOC(=O)C1=C(C)OC(N)=C(C#N)C1c1ccc(OCc2ccc(OCc3ccccc3)cc2)cc1. The molecular formula is C30H28N2O5. The highest BCUT2D eigenvalue weighted by atomic mass is 16.5.